The average Bonchev–Trinajstić information content (AvgIpc) is 2.40. The van der Waals surface area contributed by atoms with Crippen LogP contribution in [0.5, 0.6) is 5.88 Å². The molecule has 2 rings (SSSR count). The van der Waals surface area contributed by atoms with E-state index in [9.17, 15) is 14.7 Å². The number of nitrogens with zero attached hydrogens (tertiary/aromatic N) is 1. The van der Waals surface area contributed by atoms with Gasteiger partial charge in [-0.3, -0.25) is 9.59 Å². The minimum Gasteiger partial charge on any atom is -0.493 e. The molecule has 1 heterocycles. The summed E-state index contributed by atoms with van der Waals surface area (Å²) in [6.07, 6.45) is 0. The van der Waals surface area contributed by atoms with E-state index in [1.165, 1.54) is 0 Å². The van der Waals surface area contributed by atoms with Crippen molar-refractivity contribution in [2.45, 2.75) is 12.1 Å². The highest BCUT2D eigenvalue weighted by molar-refractivity contribution is 7.99. The number of aromatic hydroxyl groups is 1. The molecule has 6 nitrogen and oxygen atoms in total. The Kier molecular flexibility index (Phi) is 4.87. The lowest BCUT2D eigenvalue weighted by Crippen LogP contribution is -2.15. The van der Waals surface area contributed by atoms with E-state index in [1.54, 1.807) is 18.2 Å². The summed E-state index contributed by atoms with van der Waals surface area (Å²) in [6.45, 7) is 1.87. The topological polar surface area (TPSA) is 95.1 Å². The summed E-state index contributed by atoms with van der Waals surface area (Å²) in [5, 5.41) is 12.6. The number of carbonyl (C=O) groups excluding carboxylic acids is 1. The van der Waals surface area contributed by atoms with Crippen molar-refractivity contribution >= 4 is 35.0 Å². The normalized spacial score (nSPS) is 10.4. The number of hydrogen-bond donors (Lipinski definition) is 3. The number of rotatable bonds is 4. The van der Waals surface area contributed by atoms with Gasteiger partial charge in [-0.05, 0) is 24.6 Å². The van der Waals surface area contributed by atoms with Crippen molar-refractivity contribution in [3.05, 3.63) is 45.2 Å². The largest absolute Gasteiger partial charge is 0.493 e. The van der Waals surface area contributed by atoms with Crippen LogP contribution in [0, 0.1) is 6.92 Å². The average molecular weight is 326 g/mol. The number of benzene rings is 1. The van der Waals surface area contributed by atoms with Crippen molar-refractivity contribution in [2.75, 3.05) is 11.1 Å². The lowest BCUT2D eigenvalue weighted by Gasteiger charge is -2.06. The molecule has 21 heavy (non-hydrogen) atoms. The Morgan fingerprint density at radius 1 is 1.48 bits per heavy atom. The van der Waals surface area contributed by atoms with Gasteiger partial charge in [0.25, 0.3) is 5.56 Å². The lowest BCUT2D eigenvalue weighted by molar-refractivity contribution is -0.113. The molecule has 0 aliphatic rings. The molecule has 0 spiro atoms. The van der Waals surface area contributed by atoms with Gasteiger partial charge in [0.15, 0.2) is 5.16 Å². The van der Waals surface area contributed by atoms with Gasteiger partial charge in [0, 0.05) is 10.7 Å². The van der Waals surface area contributed by atoms with Gasteiger partial charge in [-0.25, -0.2) is 0 Å². The van der Waals surface area contributed by atoms with E-state index in [0.717, 1.165) is 23.4 Å². The minimum atomic E-state index is -0.476. The first-order chi connectivity index (χ1) is 9.94. The van der Waals surface area contributed by atoms with Crippen molar-refractivity contribution in [2.24, 2.45) is 0 Å². The number of thioether (sulfide) groups is 1. The Hall–Kier alpha value is -1.99. The van der Waals surface area contributed by atoms with Gasteiger partial charge >= 0.3 is 0 Å². The third-order valence-electron chi connectivity index (χ3n) is 2.50. The van der Waals surface area contributed by atoms with Crippen LogP contribution in [0.3, 0.4) is 0 Å². The third-order valence-corrected chi connectivity index (χ3v) is 3.78. The Balaban J connectivity index is 1.95. The Morgan fingerprint density at radius 2 is 2.24 bits per heavy atom. The summed E-state index contributed by atoms with van der Waals surface area (Å²) < 4.78 is 0. The summed E-state index contributed by atoms with van der Waals surface area (Å²) in [5.41, 5.74) is 1.04. The van der Waals surface area contributed by atoms with Crippen LogP contribution >= 0.6 is 23.4 Å². The van der Waals surface area contributed by atoms with Crippen molar-refractivity contribution in [3.63, 3.8) is 0 Å². The van der Waals surface area contributed by atoms with Gasteiger partial charge in [0.1, 0.15) is 0 Å². The van der Waals surface area contributed by atoms with Crippen LogP contribution in [0.1, 0.15) is 5.56 Å². The van der Waals surface area contributed by atoms with Crippen LogP contribution in [-0.4, -0.2) is 26.7 Å². The van der Waals surface area contributed by atoms with E-state index in [2.05, 4.69) is 15.3 Å². The molecule has 0 unspecified atom stereocenters. The molecule has 110 valence electrons. The number of nitrogens with one attached hydrogen (secondary N) is 2. The number of anilines is 1. The fraction of sp³-hybridized carbons (Fsp3) is 0.154. The van der Waals surface area contributed by atoms with Gasteiger partial charge in [0.05, 0.1) is 11.8 Å². The standard InChI is InChI=1S/C13H12ClN3O3S/c1-7-2-3-8(4-9(7)14)15-12(20)6-21-13-16-10(18)5-11(19)17-13/h2-5H,6H2,1H3,(H,15,20)(H2,16,17,18,19). The predicted molar refractivity (Wildman–Crippen MR) is 82.1 cm³/mol. The molecule has 0 saturated heterocycles. The zero-order chi connectivity index (χ0) is 15.4. The van der Waals surface area contributed by atoms with Crippen LogP contribution in [-0.2, 0) is 4.79 Å². The number of H-pyrrole nitrogens is 1. The molecule has 0 fully saturated rings. The van der Waals surface area contributed by atoms with Crippen molar-refractivity contribution in [1.29, 1.82) is 0 Å². The number of aryl methyl sites for hydroxylation is 1. The first-order valence-corrected chi connectivity index (χ1v) is 7.29. The zero-order valence-corrected chi connectivity index (χ0v) is 12.6. The molecule has 1 amide bonds. The number of aromatic nitrogens is 2. The highest BCUT2D eigenvalue weighted by atomic mass is 35.5. The van der Waals surface area contributed by atoms with Gasteiger partial charge in [-0.15, -0.1) is 0 Å². The Morgan fingerprint density at radius 3 is 2.90 bits per heavy atom. The fourth-order valence-electron chi connectivity index (χ4n) is 1.49. The van der Waals surface area contributed by atoms with E-state index in [-0.39, 0.29) is 22.7 Å². The zero-order valence-electron chi connectivity index (χ0n) is 11.0. The van der Waals surface area contributed by atoms with E-state index in [0.29, 0.717) is 10.7 Å². The summed E-state index contributed by atoms with van der Waals surface area (Å²) in [5.74, 6) is -0.615. The van der Waals surface area contributed by atoms with E-state index < -0.39 is 5.56 Å². The maximum Gasteiger partial charge on any atom is 0.255 e. The molecule has 0 aliphatic carbocycles. The minimum absolute atomic E-state index is 0.0396. The number of amides is 1. The maximum atomic E-state index is 11.8. The quantitative estimate of drug-likeness (QED) is 0.591. The summed E-state index contributed by atoms with van der Waals surface area (Å²) in [7, 11) is 0. The molecule has 3 N–H and O–H groups in total. The second-order valence-electron chi connectivity index (χ2n) is 4.21. The summed E-state index contributed by atoms with van der Waals surface area (Å²) in [4.78, 5) is 29.0. The Bertz CT molecular complexity index is 733. The van der Waals surface area contributed by atoms with Crippen molar-refractivity contribution < 1.29 is 9.90 Å². The monoisotopic (exact) mass is 325 g/mol. The van der Waals surface area contributed by atoms with Crippen LogP contribution in [0.25, 0.3) is 0 Å². The molecule has 2 aromatic rings. The van der Waals surface area contributed by atoms with E-state index in [1.807, 2.05) is 6.92 Å². The van der Waals surface area contributed by atoms with E-state index in [4.69, 9.17) is 11.6 Å². The molecule has 0 aliphatic heterocycles. The van der Waals surface area contributed by atoms with Crippen molar-refractivity contribution in [1.82, 2.24) is 9.97 Å². The number of aromatic amines is 1. The molecular weight excluding hydrogens is 314 g/mol. The van der Waals surface area contributed by atoms with Crippen LogP contribution in [0.2, 0.25) is 5.02 Å². The smallest absolute Gasteiger partial charge is 0.255 e. The number of halogens is 1. The van der Waals surface area contributed by atoms with Crippen LogP contribution in [0.4, 0.5) is 5.69 Å². The molecule has 0 atom stereocenters. The van der Waals surface area contributed by atoms with Crippen LogP contribution < -0.4 is 10.9 Å². The first-order valence-electron chi connectivity index (χ1n) is 5.93. The molecule has 1 aromatic heterocycles. The molecule has 0 saturated carbocycles. The van der Waals surface area contributed by atoms with Gasteiger partial charge in [0.2, 0.25) is 11.8 Å². The van der Waals surface area contributed by atoms with Gasteiger partial charge in [-0.2, -0.15) is 4.98 Å². The number of hydrogen-bond acceptors (Lipinski definition) is 5. The Labute approximate surface area is 129 Å². The second-order valence-corrected chi connectivity index (χ2v) is 5.58. The maximum absolute atomic E-state index is 11.8. The summed E-state index contributed by atoms with van der Waals surface area (Å²) in [6, 6.07) is 6.17. The first kappa shape index (κ1) is 15.4. The van der Waals surface area contributed by atoms with E-state index >= 15 is 0 Å². The molecular formula is C13H12ClN3O3S. The van der Waals surface area contributed by atoms with Gasteiger partial charge < -0.3 is 15.4 Å². The molecule has 0 bridgehead atoms. The third kappa shape index (κ3) is 4.51. The fourth-order valence-corrected chi connectivity index (χ4v) is 2.34. The SMILES string of the molecule is Cc1ccc(NC(=O)CSc2nc(O)cc(=O)[nH]2)cc1Cl. The van der Waals surface area contributed by atoms with Gasteiger partial charge in [-0.1, -0.05) is 29.4 Å². The number of carbonyl (C=O) groups is 1. The van der Waals surface area contributed by atoms with Crippen molar-refractivity contribution in [3.8, 4) is 5.88 Å². The highest BCUT2D eigenvalue weighted by Crippen LogP contribution is 2.20. The summed E-state index contributed by atoms with van der Waals surface area (Å²) >= 11 is 6.98. The molecule has 1 aromatic carbocycles. The molecule has 8 heteroatoms. The molecule has 0 radical (unpaired) electrons. The second kappa shape index (κ2) is 6.64. The predicted octanol–water partition coefficient (Wildman–Crippen LogP) is 2.17. The van der Waals surface area contributed by atoms with Crippen LogP contribution in [0.15, 0.2) is 34.2 Å². The lowest BCUT2D eigenvalue weighted by atomic mass is 10.2. The highest BCUT2D eigenvalue weighted by Gasteiger charge is 2.07.